The van der Waals surface area contributed by atoms with E-state index in [1.807, 2.05) is 25.1 Å². The van der Waals surface area contributed by atoms with Crippen LogP contribution in [-0.2, 0) is 0 Å². The van der Waals surface area contributed by atoms with Crippen LogP contribution in [0.1, 0.15) is 5.01 Å². The first-order chi connectivity index (χ1) is 5.77. The van der Waals surface area contributed by atoms with Crippen LogP contribution < -0.4 is 4.74 Å². The Balaban J connectivity index is 2.99. The Morgan fingerprint density at radius 1 is 1.33 bits per heavy atom. The van der Waals surface area contributed by atoms with E-state index < -0.39 is 0 Å². The van der Waals surface area contributed by atoms with Crippen LogP contribution in [-0.4, -0.2) is 4.98 Å². The Labute approximate surface area is 73.5 Å². The van der Waals surface area contributed by atoms with Gasteiger partial charge in [0.05, 0.1) is 15.9 Å². The van der Waals surface area contributed by atoms with Gasteiger partial charge < -0.3 is 0 Å². The molecule has 2 rings (SSSR count). The van der Waals surface area contributed by atoms with E-state index in [0.717, 1.165) is 10.5 Å². The SMILES string of the molecule is Cc1nc2ccccc2c(=O)s1. The number of benzene rings is 1. The summed E-state index contributed by atoms with van der Waals surface area (Å²) in [5.41, 5.74) is 0.791. The van der Waals surface area contributed by atoms with Gasteiger partial charge in [-0.05, 0) is 19.1 Å². The van der Waals surface area contributed by atoms with Crippen molar-refractivity contribution >= 4 is 22.2 Å². The summed E-state index contributed by atoms with van der Waals surface area (Å²) in [5.74, 6) is 0. The molecule has 0 bridgehead atoms. The zero-order valence-corrected chi connectivity index (χ0v) is 7.39. The Morgan fingerprint density at radius 3 is 2.92 bits per heavy atom. The molecule has 0 atom stereocenters. The molecule has 1 aromatic heterocycles. The highest BCUT2D eigenvalue weighted by atomic mass is 32.1. The van der Waals surface area contributed by atoms with Crippen LogP contribution in [0.4, 0.5) is 0 Å². The van der Waals surface area contributed by atoms with Crippen molar-refractivity contribution in [3.8, 4) is 0 Å². The van der Waals surface area contributed by atoms with E-state index in [2.05, 4.69) is 4.98 Å². The molecule has 0 saturated carbocycles. The third-order valence-corrected chi connectivity index (χ3v) is 2.43. The van der Waals surface area contributed by atoms with Crippen molar-refractivity contribution in [3.05, 3.63) is 38.8 Å². The van der Waals surface area contributed by atoms with E-state index in [1.165, 1.54) is 11.3 Å². The van der Waals surface area contributed by atoms with Crippen LogP contribution in [0, 0.1) is 6.92 Å². The molecule has 0 amide bonds. The van der Waals surface area contributed by atoms with E-state index in [-0.39, 0.29) is 4.74 Å². The number of fused-ring (bicyclic) bond motifs is 1. The molecule has 2 aromatic rings. The number of rotatable bonds is 0. The number of hydrogen-bond acceptors (Lipinski definition) is 3. The molecule has 0 unspecified atom stereocenters. The van der Waals surface area contributed by atoms with Crippen LogP contribution in [0.25, 0.3) is 10.9 Å². The highest BCUT2D eigenvalue weighted by Crippen LogP contribution is 2.08. The molecule has 0 spiro atoms. The molecule has 1 aromatic carbocycles. The average Bonchev–Trinajstić information content (AvgIpc) is 2.04. The van der Waals surface area contributed by atoms with Crippen LogP contribution in [0.2, 0.25) is 0 Å². The molecule has 0 saturated heterocycles. The summed E-state index contributed by atoms with van der Waals surface area (Å²) >= 11 is 1.19. The first-order valence-electron chi connectivity index (χ1n) is 3.64. The zero-order chi connectivity index (χ0) is 8.55. The number of hydrogen-bond donors (Lipinski definition) is 0. The average molecular weight is 177 g/mol. The van der Waals surface area contributed by atoms with Gasteiger partial charge in [-0.2, -0.15) is 0 Å². The Bertz CT molecular complexity index is 475. The molecule has 0 aliphatic rings. The fraction of sp³-hybridized carbons (Fsp3) is 0.111. The smallest absolute Gasteiger partial charge is 0.243 e. The lowest BCUT2D eigenvalue weighted by molar-refractivity contribution is 1.32. The number of aryl methyl sites for hydroxylation is 1. The molecule has 2 nitrogen and oxygen atoms in total. The van der Waals surface area contributed by atoms with Crippen molar-refractivity contribution in [2.45, 2.75) is 6.92 Å². The summed E-state index contributed by atoms with van der Waals surface area (Å²) in [6.07, 6.45) is 0. The van der Waals surface area contributed by atoms with Gasteiger partial charge >= 0.3 is 0 Å². The number of nitrogens with zero attached hydrogens (tertiary/aromatic N) is 1. The molecule has 0 N–H and O–H groups in total. The van der Waals surface area contributed by atoms with Crippen LogP contribution >= 0.6 is 11.3 Å². The molecular formula is C9H7NOS. The fourth-order valence-corrected chi connectivity index (χ4v) is 1.82. The van der Waals surface area contributed by atoms with Gasteiger partial charge in [-0.1, -0.05) is 23.5 Å². The maximum atomic E-state index is 11.4. The van der Waals surface area contributed by atoms with E-state index >= 15 is 0 Å². The lowest BCUT2D eigenvalue weighted by Crippen LogP contribution is -1.97. The second-order valence-electron chi connectivity index (χ2n) is 2.54. The summed E-state index contributed by atoms with van der Waals surface area (Å²) in [4.78, 5) is 15.6. The number of aromatic nitrogens is 1. The zero-order valence-electron chi connectivity index (χ0n) is 6.57. The van der Waals surface area contributed by atoms with Gasteiger partial charge in [0.1, 0.15) is 0 Å². The highest BCUT2D eigenvalue weighted by Gasteiger charge is 1.98. The summed E-state index contributed by atoms with van der Waals surface area (Å²) in [6, 6.07) is 7.41. The van der Waals surface area contributed by atoms with E-state index in [9.17, 15) is 4.79 Å². The predicted octanol–water partition coefficient (Wildman–Crippen LogP) is 1.96. The monoisotopic (exact) mass is 177 g/mol. The highest BCUT2D eigenvalue weighted by molar-refractivity contribution is 7.09. The second kappa shape index (κ2) is 2.68. The fourth-order valence-electron chi connectivity index (χ4n) is 1.13. The van der Waals surface area contributed by atoms with Crippen molar-refractivity contribution in [1.82, 2.24) is 4.98 Å². The minimum absolute atomic E-state index is 0.0955. The van der Waals surface area contributed by atoms with E-state index in [1.54, 1.807) is 6.07 Å². The van der Waals surface area contributed by atoms with Crippen molar-refractivity contribution in [2.75, 3.05) is 0 Å². The van der Waals surface area contributed by atoms with Crippen molar-refractivity contribution in [3.63, 3.8) is 0 Å². The topological polar surface area (TPSA) is 30.0 Å². The van der Waals surface area contributed by atoms with Gasteiger partial charge in [-0.3, -0.25) is 4.79 Å². The normalized spacial score (nSPS) is 10.4. The third-order valence-electron chi connectivity index (χ3n) is 1.64. The van der Waals surface area contributed by atoms with Gasteiger partial charge in [0, 0.05) is 0 Å². The van der Waals surface area contributed by atoms with Gasteiger partial charge in [0.25, 0.3) is 0 Å². The first-order valence-corrected chi connectivity index (χ1v) is 4.45. The first kappa shape index (κ1) is 7.43. The molecule has 0 fully saturated rings. The lowest BCUT2D eigenvalue weighted by atomic mass is 10.2. The van der Waals surface area contributed by atoms with Crippen molar-refractivity contribution in [2.24, 2.45) is 0 Å². The summed E-state index contributed by atoms with van der Waals surface area (Å²) < 4.78 is 0.0955. The van der Waals surface area contributed by atoms with Gasteiger partial charge in [0.15, 0.2) is 0 Å². The molecule has 60 valence electrons. The summed E-state index contributed by atoms with van der Waals surface area (Å²) in [7, 11) is 0. The van der Waals surface area contributed by atoms with Crippen molar-refractivity contribution in [1.29, 1.82) is 0 Å². The molecule has 1 heterocycles. The van der Waals surface area contributed by atoms with Crippen molar-refractivity contribution < 1.29 is 0 Å². The van der Waals surface area contributed by atoms with Gasteiger partial charge in [-0.15, -0.1) is 0 Å². The third kappa shape index (κ3) is 1.12. The molecule has 0 aliphatic heterocycles. The minimum Gasteiger partial charge on any atom is -0.277 e. The summed E-state index contributed by atoms with van der Waals surface area (Å²) in [6.45, 7) is 1.85. The Morgan fingerprint density at radius 2 is 2.08 bits per heavy atom. The molecule has 3 heteroatoms. The Kier molecular flexibility index (Phi) is 1.66. The lowest BCUT2D eigenvalue weighted by Gasteiger charge is -1.94. The predicted molar refractivity (Wildman–Crippen MR) is 50.6 cm³/mol. The quantitative estimate of drug-likeness (QED) is 0.615. The van der Waals surface area contributed by atoms with Gasteiger partial charge in [0.2, 0.25) is 4.74 Å². The standard InChI is InChI=1S/C9H7NOS/c1-6-10-8-5-3-2-4-7(8)9(11)12-6/h2-5H,1H3. The van der Waals surface area contributed by atoms with E-state index in [0.29, 0.717) is 5.39 Å². The Hall–Kier alpha value is -1.22. The summed E-state index contributed by atoms with van der Waals surface area (Å²) in [5, 5.41) is 1.53. The van der Waals surface area contributed by atoms with Crippen LogP contribution in [0.3, 0.4) is 0 Å². The van der Waals surface area contributed by atoms with E-state index in [4.69, 9.17) is 0 Å². The number of para-hydroxylation sites is 1. The molecule has 0 aliphatic carbocycles. The maximum absolute atomic E-state index is 11.4. The molecule has 0 radical (unpaired) electrons. The largest absolute Gasteiger partial charge is 0.277 e. The minimum atomic E-state index is 0.0955. The maximum Gasteiger partial charge on any atom is 0.243 e. The van der Waals surface area contributed by atoms with Crippen LogP contribution in [0.5, 0.6) is 0 Å². The van der Waals surface area contributed by atoms with Gasteiger partial charge in [-0.25, -0.2) is 4.98 Å². The van der Waals surface area contributed by atoms with Crippen LogP contribution in [0.15, 0.2) is 29.1 Å². The molecular weight excluding hydrogens is 170 g/mol. The molecule has 12 heavy (non-hydrogen) atoms. The second-order valence-corrected chi connectivity index (χ2v) is 3.70.